The van der Waals surface area contributed by atoms with Crippen LogP contribution >= 0.6 is 11.8 Å². The molecule has 0 aliphatic heterocycles. The summed E-state index contributed by atoms with van der Waals surface area (Å²) in [6.07, 6.45) is 0. The highest BCUT2D eigenvalue weighted by Crippen LogP contribution is 2.23. The van der Waals surface area contributed by atoms with Crippen molar-refractivity contribution in [3.8, 4) is 11.2 Å². The minimum Gasteiger partial charge on any atom is -0.476 e. The first-order valence-corrected chi connectivity index (χ1v) is 9.11. The molecule has 8 heteroatoms. The van der Waals surface area contributed by atoms with E-state index in [1.807, 2.05) is 5.40 Å². The lowest BCUT2D eigenvalue weighted by molar-refractivity contribution is -0.161. The van der Waals surface area contributed by atoms with E-state index in [2.05, 4.69) is 5.32 Å². The van der Waals surface area contributed by atoms with Gasteiger partial charge >= 0.3 is 5.97 Å². The van der Waals surface area contributed by atoms with Crippen molar-refractivity contribution >= 4 is 29.3 Å². The fourth-order valence-electron chi connectivity index (χ4n) is 2.22. The molecule has 0 aliphatic carbocycles. The Kier molecular flexibility index (Phi) is 7.01. The molecule has 1 amide bonds. The van der Waals surface area contributed by atoms with Crippen LogP contribution in [0.25, 0.3) is 0 Å². The van der Waals surface area contributed by atoms with E-state index in [-0.39, 0.29) is 0 Å². The number of aryl methyl sites for hydroxylation is 1. The van der Waals surface area contributed by atoms with Crippen molar-refractivity contribution in [2.24, 2.45) is 0 Å². The van der Waals surface area contributed by atoms with Crippen molar-refractivity contribution in [2.75, 3.05) is 11.9 Å². The minimum absolute atomic E-state index is 0.304. The molecule has 0 fully saturated rings. The molecule has 0 heterocycles. The van der Waals surface area contributed by atoms with Crippen molar-refractivity contribution in [3.05, 3.63) is 53.8 Å². The molecule has 0 aliphatic rings. The zero-order valence-corrected chi connectivity index (χ0v) is 16.4. The van der Waals surface area contributed by atoms with Gasteiger partial charge in [0, 0.05) is 10.6 Å². The highest BCUT2D eigenvalue weighted by Gasteiger charge is 2.32. The van der Waals surface area contributed by atoms with Gasteiger partial charge in [0.05, 0.1) is 0 Å². The van der Waals surface area contributed by atoms with Crippen LogP contribution in [0, 0.1) is 23.4 Å². The van der Waals surface area contributed by atoms with Gasteiger partial charge in [-0.05, 0) is 80.6 Å². The van der Waals surface area contributed by atoms with Crippen molar-refractivity contribution in [1.29, 1.82) is 5.26 Å². The van der Waals surface area contributed by atoms with E-state index in [0.717, 1.165) is 22.2 Å². The average Bonchev–Trinajstić information content (AvgIpc) is 2.64. The maximum Gasteiger partial charge on any atom is 0.350 e. The molecule has 2 rings (SSSR count). The van der Waals surface area contributed by atoms with Crippen LogP contribution in [0.4, 0.5) is 10.1 Å². The predicted molar refractivity (Wildman–Crippen MR) is 103 cm³/mol. The number of rotatable bonds is 7. The Morgan fingerprint density at radius 1 is 1.21 bits per heavy atom. The fraction of sp³-hybridized carbons (Fsp3) is 0.250. The molecular weight excluding hydrogens is 383 g/mol. The number of nitriles is 1. The number of anilines is 1. The van der Waals surface area contributed by atoms with Crippen LogP contribution in [0.15, 0.2) is 47.4 Å². The van der Waals surface area contributed by atoms with Crippen molar-refractivity contribution in [2.45, 2.75) is 31.3 Å². The van der Waals surface area contributed by atoms with Gasteiger partial charge in [0.15, 0.2) is 12.2 Å². The second kappa shape index (κ2) is 9.24. The molecule has 0 aromatic heterocycles. The maximum absolute atomic E-state index is 12.9. The molecule has 2 aromatic carbocycles. The molecule has 28 heavy (non-hydrogen) atoms. The molecule has 146 valence electrons. The van der Waals surface area contributed by atoms with Gasteiger partial charge in [-0.3, -0.25) is 4.79 Å². The molecule has 0 saturated heterocycles. The number of benzene rings is 2. The lowest BCUT2D eigenvalue weighted by Gasteiger charge is -2.24. The highest BCUT2D eigenvalue weighted by molar-refractivity contribution is 8.03. The molecule has 0 saturated carbocycles. The van der Waals surface area contributed by atoms with Crippen LogP contribution < -0.4 is 10.1 Å². The maximum atomic E-state index is 12.9. The first-order valence-electron chi connectivity index (χ1n) is 8.29. The van der Waals surface area contributed by atoms with Crippen LogP contribution in [0.1, 0.15) is 19.4 Å². The summed E-state index contributed by atoms with van der Waals surface area (Å²) in [5.41, 5.74) is -0.0189. The largest absolute Gasteiger partial charge is 0.476 e. The average molecular weight is 402 g/mol. The number of hydrogen-bond acceptors (Lipinski definition) is 6. The number of amides is 1. The summed E-state index contributed by atoms with van der Waals surface area (Å²) >= 11 is 1.02. The number of hydrogen-bond donors (Lipinski definition) is 1. The Labute approximate surface area is 166 Å². The Bertz CT molecular complexity index is 907. The van der Waals surface area contributed by atoms with E-state index in [9.17, 15) is 14.0 Å². The number of thioether (sulfide) groups is 1. The first-order chi connectivity index (χ1) is 13.2. The van der Waals surface area contributed by atoms with Crippen LogP contribution in [-0.4, -0.2) is 24.1 Å². The van der Waals surface area contributed by atoms with Gasteiger partial charge in [0.1, 0.15) is 17.0 Å². The van der Waals surface area contributed by atoms with E-state index in [1.165, 1.54) is 38.1 Å². The van der Waals surface area contributed by atoms with Crippen LogP contribution in [0.5, 0.6) is 5.75 Å². The Morgan fingerprint density at radius 2 is 1.89 bits per heavy atom. The third-order valence-corrected chi connectivity index (χ3v) is 4.23. The summed E-state index contributed by atoms with van der Waals surface area (Å²) in [5.74, 6) is -1.35. The molecule has 0 unspecified atom stereocenters. The highest BCUT2D eigenvalue weighted by atomic mass is 32.2. The number of carbonyl (C=O) groups is 2. The zero-order chi connectivity index (χ0) is 20.7. The Hall–Kier alpha value is -3.05. The summed E-state index contributed by atoms with van der Waals surface area (Å²) in [7, 11) is 0. The smallest absolute Gasteiger partial charge is 0.350 e. The SMILES string of the molecule is Cc1cc(SC#N)ccc1NC(=O)COC(=O)C(C)(C)Oc1ccc(F)cc1. The van der Waals surface area contributed by atoms with Gasteiger partial charge in [-0.2, -0.15) is 5.26 Å². The Morgan fingerprint density at radius 3 is 2.50 bits per heavy atom. The molecule has 0 spiro atoms. The predicted octanol–water partition coefficient (Wildman–Crippen LogP) is 4.05. The molecule has 2 aromatic rings. The third-order valence-electron chi connectivity index (χ3n) is 3.65. The number of thiocyanates is 1. The van der Waals surface area contributed by atoms with E-state index in [0.29, 0.717) is 11.4 Å². The number of carbonyl (C=O) groups excluding carboxylic acids is 2. The van der Waals surface area contributed by atoms with Crippen molar-refractivity contribution in [3.63, 3.8) is 0 Å². The fourth-order valence-corrected chi connectivity index (χ4v) is 2.70. The number of esters is 1. The van der Waals surface area contributed by atoms with Gasteiger partial charge in [0.25, 0.3) is 5.91 Å². The number of ether oxygens (including phenoxy) is 2. The molecule has 0 atom stereocenters. The number of halogens is 1. The van der Waals surface area contributed by atoms with Crippen LogP contribution in [-0.2, 0) is 14.3 Å². The first kappa shape index (κ1) is 21.3. The van der Waals surface area contributed by atoms with Crippen LogP contribution in [0.2, 0.25) is 0 Å². The number of nitrogens with zero attached hydrogens (tertiary/aromatic N) is 1. The number of nitrogens with one attached hydrogen (secondary N) is 1. The van der Waals surface area contributed by atoms with E-state index in [4.69, 9.17) is 14.7 Å². The van der Waals surface area contributed by atoms with Gasteiger partial charge in [-0.15, -0.1) is 0 Å². The molecule has 0 radical (unpaired) electrons. The summed E-state index contributed by atoms with van der Waals surface area (Å²) < 4.78 is 23.5. The summed E-state index contributed by atoms with van der Waals surface area (Å²) in [4.78, 5) is 25.1. The van der Waals surface area contributed by atoms with Gasteiger partial charge in [-0.25, -0.2) is 9.18 Å². The van der Waals surface area contributed by atoms with E-state index >= 15 is 0 Å². The Balaban J connectivity index is 1.90. The minimum atomic E-state index is -1.36. The zero-order valence-electron chi connectivity index (χ0n) is 15.6. The van der Waals surface area contributed by atoms with E-state index in [1.54, 1.807) is 25.1 Å². The van der Waals surface area contributed by atoms with Crippen LogP contribution in [0.3, 0.4) is 0 Å². The second-order valence-electron chi connectivity index (χ2n) is 6.36. The summed E-state index contributed by atoms with van der Waals surface area (Å²) in [6, 6.07) is 10.4. The van der Waals surface area contributed by atoms with Gasteiger partial charge < -0.3 is 14.8 Å². The van der Waals surface area contributed by atoms with Crippen molar-refractivity contribution in [1.82, 2.24) is 0 Å². The standard InChI is InChI=1S/C20H19FN2O4S/c1-13-10-16(28-12-22)8-9-17(13)23-18(24)11-26-19(25)20(2,3)27-15-6-4-14(21)5-7-15/h4-10H,11H2,1-3H3,(H,23,24). The lowest BCUT2D eigenvalue weighted by Crippen LogP contribution is -2.41. The van der Waals surface area contributed by atoms with E-state index < -0.39 is 29.9 Å². The second-order valence-corrected chi connectivity index (χ2v) is 7.22. The normalized spacial score (nSPS) is 10.7. The monoisotopic (exact) mass is 402 g/mol. The molecule has 6 nitrogen and oxygen atoms in total. The molecular formula is C20H19FN2O4S. The van der Waals surface area contributed by atoms with Crippen molar-refractivity contribution < 1.29 is 23.5 Å². The topological polar surface area (TPSA) is 88.4 Å². The third kappa shape index (κ3) is 5.99. The van der Waals surface area contributed by atoms with Gasteiger partial charge in [0.2, 0.25) is 0 Å². The quantitative estimate of drug-likeness (QED) is 0.427. The lowest BCUT2D eigenvalue weighted by atomic mass is 10.1. The summed E-state index contributed by atoms with van der Waals surface area (Å²) in [5, 5.41) is 13.3. The molecule has 1 N–H and O–H groups in total. The molecule has 0 bridgehead atoms. The summed E-state index contributed by atoms with van der Waals surface area (Å²) in [6.45, 7) is 4.30. The van der Waals surface area contributed by atoms with Gasteiger partial charge in [-0.1, -0.05) is 0 Å².